The fourth-order valence-corrected chi connectivity index (χ4v) is 3.93. The standard InChI is InChI=1S/C20H23F2N5O2/c1-20(2,3)15(10-5-12(10)19(28)29)26-18-14(22)8-25-17(27-18)13-7-24-16-11(13)4-9(21)6-23-16/h4,6-8,10,12,15,17,26-27H,5H2,1-3H3,(H,23,24)(H,28,29). The number of carbonyl (C=O) groups is 1. The second kappa shape index (κ2) is 6.82. The Hall–Kier alpha value is -2.97. The number of aromatic amines is 1. The SMILES string of the molecule is CC(C)(C)C(NC1=C(F)C=NC(c2c[nH]c3ncc(F)cc23)N1)C1CC1C(=O)O. The molecule has 1 aliphatic carbocycles. The predicted molar refractivity (Wildman–Crippen MR) is 104 cm³/mol. The highest BCUT2D eigenvalue weighted by atomic mass is 19.1. The van der Waals surface area contributed by atoms with Crippen molar-refractivity contribution < 1.29 is 18.7 Å². The molecule has 0 saturated heterocycles. The summed E-state index contributed by atoms with van der Waals surface area (Å²) in [5.74, 6) is -2.22. The molecule has 3 heterocycles. The van der Waals surface area contributed by atoms with E-state index in [1.807, 2.05) is 20.8 Å². The molecule has 4 N–H and O–H groups in total. The van der Waals surface area contributed by atoms with Crippen LogP contribution in [-0.4, -0.2) is 33.3 Å². The lowest BCUT2D eigenvalue weighted by atomic mass is 9.83. The van der Waals surface area contributed by atoms with Gasteiger partial charge in [0.05, 0.1) is 18.3 Å². The number of halogens is 2. The molecule has 4 rings (SSSR count). The van der Waals surface area contributed by atoms with Gasteiger partial charge in [-0.1, -0.05) is 20.8 Å². The van der Waals surface area contributed by atoms with Crippen molar-refractivity contribution in [2.24, 2.45) is 22.2 Å². The third kappa shape index (κ3) is 3.68. The van der Waals surface area contributed by atoms with Gasteiger partial charge in [0.1, 0.15) is 23.5 Å². The lowest BCUT2D eigenvalue weighted by Crippen LogP contribution is -2.46. The van der Waals surface area contributed by atoms with Crippen LogP contribution >= 0.6 is 0 Å². The zero-order valence-corrected chi connectivity index (χ0v) is 16.3. The van der Waals surface area contributed by atoms with Gasteiger partial charge >= 0.3 is 5.97 Å². The first kappa shape index (κ1) is 19.4. The topological polar surface area (TPSA) is 102 Å². The largest absolute Gasteiger partial charge is 0.481 e. The molecule has 0 radical (unpaired) electrons. The number of nitrogens with zero attached hydrogens (tertiary/aromatic N) is 2. The van der Waals surface area contributed by atoms with Crippen molar-refractivity contribution in [1.82, 2.24) is 20.6 Å². The van der Waals surface area contributed by atoms with Crippen LogP contribution in [0.1, 0.15) is 38.9 Å². The quantitative estimate of drug-likeness (QED) is 0.614. The molecule has 1 saturated carbocycles. The Morgan fingerprint density at radius 3 is 2.79 bits per heavy atom. The number of carboxylic acid groups (broad SMARTS) is 1. The van der Waals surface area contributed by atoms with Crippen LogP contribution in [0.2, 0.25) is 0 Å². The van der Waals surface area contributed by atoms with Crippen molar-refractivity contribution in [2.45, 2.75) is 39.4 Å². The van der Waals surface area contributed by atoms with Crippen LogP contribution in [0.5, 0.6) is 0 Å². The smallest absolute Gasteiger partial charge is 0.306 e. The van der Waals surface area contributed by atoms with Crippen molar-refractivity contribution >= 4 is 23.2 Å². The van der Waals surface area contributed by atoms with Gasteiger partial charge in [-0.25, -0.2) is 13.8 Å². The molecule has 4 unspecified atom stereocenters. The second-order valence-corrected chi connectivity index (χ2v) is 8.67. The number of H-pyrrole nitrogens is 1. The van der Waals surface area contributed by atoms with Crippen LogP contribution in [0.3, 0.4) is 0 Å². The summed E-state index contributed by atoms with van der Waals surface area (Å²) in [7, 11) is 0. The number of fused-ring (bicyclic) bond motifs is 1. The third-order valence-electron chi connectivity index (χ3n) is 5.50. The van der Waals surface area contributed by atoms with Crippen molar-refractivity contribution in [3.8, 4) is 0 Å². The van der Waals surface area contributed by atoms with E-state index in [0.717, 1.165) is 12.4 Å². The molecule has 4 atom stereocenters. The Labute approximate surface area is 166 Å². The van der Waals surface area contributed by atoms with Crippen molar-refractivity contribution in [3.05, 3.63) is 41.5 Å². The lowest BCUT2D eigenvalue weighted by Gasteiger charge is -2.35. The van der Waals surface area contributed by atoms with Crippen LogP contribution in [-0.2, 0) is 4.79 Å². The number of nitrogens with one attached hydrogen (secondary N) is 3. The summed E-state index contributed by atoms with van der Waals surface area (Å²) in [5.41, 5.74) is 0.858. The first-order valence-electron chi connectivity index (χ1n) is 9.46. The van der Waals surface area contributed by atoms with E-state index in [1.165, 1.54) is 6.07 Å². The zero-order valence-electron chi connectivity index (χ0n) is 16.3. The summed E-state index contributed by atoms with van der Waals surface area (Å²) in [6, 6.07) is 1.11. The van der Waals surface area contributed by atoms with E-state index in [0.29, 0.717) is 23.0 Å². The number of carboxylic acids is 1. The summed E-state index contributed by atoms with van der Waals surface area (Å²) in [6.45, 7) is 5.97. The fourth-order valence-electron chi connectivity index (χ4n) is 3.93. The average molecular weight is 403 g/mol. The maximum atomic E-state index is 14.5. The van der Waals surface area contributed by atoms with E-state index in [1.54, 1.807) is 6.20 Å². The number of hydrogen-bond donors (Lipinski definition) is 4. The number of allylic oxidation sites excluding steroid dienone is 1. The van der Waals surface area contributed by atoms with Gasteiger partial charge in [0, 0.05) is 23.2 Å². The molecule has 2 aliphatic rings. The predicted octanol–water partition coefficient (Wildman–Crippen LogP) is 3.24. The molecular weight excluding hydrogens is 380 g/mol. The maximum Gasteiger partial charge on any atom is 0.306 e. The molecule has 0 spiro atoms. The molecule has 0 aromatic carbocycles. The van der Waals surface area contributed by atoms with Gasteiger partial charge < -0.3 is 20.7 Å². The Morgan fingerprint density at radius 1 is 1.38 bits per heavy atom. The van der Waals surface area contributed by atoms with Crippen LogP contribution in [0.4, 0.5) is 8.78 Å². The summed E-state index contributed by atoms with van der Waals surface area (Å²) < 4.78 is 28.2. The van der Waals surface area contributed by atoms with Crippen LogP contribution < -0.4 is 10.6 Å². The zero-order chi connectivity index (χ0) is 20.9. The Morgan fingerprint density at radius 2 is 2.14 bits per heavy atom. The minimum atomic E-state index is -0.829. The highest BCUT2D eigenvalue weighted by Crippen LogP contribution is 2.47. The summed E-state index contributed by atoms with van der Waals surface area (Å²) in [5, 5.41) is 16.1. The second-order valence-electron chi connectivity index (χ2n) is 8.67. The molecule has 2 aromatic heterocycles. The first-order valence-corrected chi connectivity index (χ1v) is 9.46. The molecular formula is C20H23F2N5O2. The molecule has 1 aliphatic heterocycles. The molecule has 154 valence electrons. The Bertz CT molecular complexity index is 1020. The van der Waals surface area contributed by atoms with Crippen LogP contribution in [0, 0.1) is 23.1 Å². The van der Waals surface area contributed by atoms with Gasteiger partial charge in [-0.3, -0.25) is 9.79 Å². The van der Waals surface area contributed by atoms with Gasteiger partial charge in [0.2, 0.25) is 0 Å². The maximum absolute atomic E-state index is 14.5. The molecule has 7 nitrogen and oxygen atoms in total. The molecule has 0 amide bonds. The number of hydrogen-bond acceptors (Lipinski definition) is 5. The number of rotatable bonds is 5. The summed E-state index contributed by atoms with van der Waals surface area (Å²) in [6.07, 6.45) is 3.83. The third-order valence-corrected chi connectivity index (χ3v) is 5.50. The van der Waals surface area contributed by atoms with Crippen molar-refractivity contribution in [1.29, 1.82) is 0 Å². The van der Waals surface area contributed by atoms with Crippen LogP contribution in [0.25, 0.3) is 11.0 Å². The van der Waals surface area contributed by atoms with Gasteiger partial charge in [-0.15, -0.1) is 0 Å². The van der Waals surface area contributed by atoms with Crippen molar-refractivity contribution in [3.63, 3.8) is 0 Å². The van der Waals surface area contributed by atoms with E-state index >= 15 is 0 Å². The normalized spacial score (nSPS) is 25.1. The van der Waals surface area contributed by atoms with E-state index in [9.17, 15) is 18.7 Å². The number of pyridine rings is 1. The Balaban J connectivity index is 1.58. The van der Waals surface area contributed by atoms with Crippen LogP contribution in [0.15, 0.2) is 35.1 Å². The number of aliphatic carboxylic acids is 1. The van der Waals surface area contributed by atoms with E-state index < -0.39 is 29.7 Å². The first-order chi connectivity index (χ1) is 13.6. The molecule has 2 aromatic rings. The van der Waals surface area contributed by atoms with Gasteiger partial charge in [-0.2, -0.15) is 0 Å². The van der Waals surface area contributed by atoms with Gasteiger partial charge in [0.25, 0.3) is 0 Å². The highest BCUT2D eigenvalue weighted by Gasteiger charge is 2.51. The minimum Gasteiger partial charge on any atom is -0.481 e. The number of aromatic nitrogens is 2. The molecule has 29 heavy (non-hydrogen) atoms. The minimum absolute atomic E-state index is 0.0849. The lowest BCUT2D eigenvalue weighted by molar-refractivity contribution is -0.139. The Kier molecular flexibility index (Phi) is 4.55. The molecule has 0 bridgehead atoms. The number of aliphatic imine (C=N–C) groups is 1. The van der Waals surface area contributed by atoms with E-state index in [4.69, 9.17) is 0 Å². The van der Waals surface area contributed by atoms with E-state index in [2.05, 4.69) is 25.6 Å². The summed E-state index contributed by atoms with van der Waals surface area (Å²) in [4.78, 5) is 22.5. The molecule has 9 heteroatoms. The fraction of sp³-hybridized carbons (Fsp3) is 0.450. The van der Waals surface area contributed by atoms with Gasteiger partial charge in [0.15, 0.2) is 5.83 Å². The average Bonchev–Trinajstić information content (AvgIpc) is 3.32. The van der Waals surface area contributed by atoms with E-state index in [-0.39, 0.29) is 23.2 Å². The molecule has 1 fully saturated rings. The monoisotopic (exact) mass is 403 g/mol. The summed E-state index contributed by atoms with van der Waals surface area (Å²) >= 11 is 0. The highest BCUT2D eigenvalue weighted by molar-refractivity contribution is 5.82. The van der Waals surface area contributed by atoms with Gasteiger partial charge in [-0.05, 0) is 23.8 Å². The van der Waals surface area contributed by atoms with Crippen molar-refractivity contribution in [2.75, 3.05) is 0 Å².